The van der Waals surface area contributed by atoms with Crippen LogP contribution in [0.4, 0.5) is 40.8 Å². The van der Waals surface area contributed by atoms with E-state index in [0.29, 0.717) is 18.6 Å². The Balaban J connectivity index is 1.96. The van der Waals surface area contributed by atoms with Gasteiger partial charge in [-0.2, -0.15) is 31.4 Å². The van der Waals surface area contributed by atoms with Crippen molar-refractivity contribution < 1.29 is 48.8 Å². The highest BCUT2D eigenvalue weighted by Crippen LogP contribution is 2.42. The molecule has 3 rings (SSSR count). The molecule has 1 aromatic heterocycles. The third kappa shape index (κ3) is 6.49. The molecule has 0 amide bonds. The Morgan fingerprint density at radius 2 is 1.94 bits per heavy atom. The molecule has 35 heavy (non-hydrogen) atoms. The zero-order chi connectivity index (χ0) is 26.0. The number of alkyl halides is 8. The Bertz CT molecular complexity index is 1040. The Labute approximate surface area is 198 Å². The van der Waals surface area contributed by atoms with Gasteiger partial charge >= 0.3 is 17.7 Å². The lowest BCUT2D eigenvalue weighted by molar-refractivity contribution is -0.137. The second kappa shape index (κ2) is 10.5. The molecule has 15 heteroatoms. The van der Waals surface area contributed by atoms with Crippen molar-refractivity contribution in [3.05, 3.63) is 41.2 Å². The van der Waals surface area contributed by atoms with Crippen molar-refractivity contribution in [1.82, 2.24) is 9.78 Å². The minimum absolute atomic E-state index is 0.0574. The van der Waals surface area contributed by atoms with E-state index in [1.165, 1.54) is 11.8 Å². The van der Waals surface area contributed by atoms with Crippen molar-refractivity contribution >= 4 is 23.7 Å². The van der Waals surface area contributed by atoms with Crippen LogP contribution < -0.4 is 9.08 Å². The van der Waals surface area contributed by atoms with E-state index in [0.717, 1.165) is 16.9 Å². The van der Waals surface area contributed by atoms with Gasteiger partial charge in [-0.25, -0.2) is 13.6 Å². The number of carbonyl (C=O) groups is 1. The number of hydrogen-bond acceptors (Lipinski definition) is 6. The summed E-state index contributed by atoms with van der Waals surface area (Å²) in [7, 11) is 0. The minimum Gasteiger partial charge on any atom is -0.462 e. The first-order valence-electron chi connectivity index (χ1n) is 10.2. The van der Waals surface area contributed by atoms with E-state index in [1.54, 1.807) is 0 Å². The molecule has 1 aromatic carbocycles. The highest BCUT2D eigenvalue weighted by Gasteiger charge is 2.36. The molecule has 6 nitrogen and oxygen atoms in total. The fourth-order valence-corrected chi connectivity index (χ4v) is 4.05. The fourth-order valence-electron chi connectivity index (χ4n) is 3.72. The first-order chi connectivity index (χ1) is 16.3. The molecule has 1 fully saturated rings. The maximum absolute atomic E-state index is 13.8. The molecule has 1 aliphatic heterocycles. The Morgan fingerprint density at radius 3 is 2.54 bits per heavy atom. The van der Waals surface area contributed by atoms with Gasteiger partial charge in [0, 0.05) is 13.1 Å². The summed E-state index contributed by atoms with van der Waals surface area (Å²) >= 11 is -0.883. The van der Waals surface area contributed by atoms with E-state index >= 15 is 0 Å². The molecule has 1 atom stereocenters. The summed E-state index contributed by atoms with van der Waals surface area (Å²) in [6.45, 7) is 1.40. The van der Waals surface area contributed by atoms with E-state index in [9.17, 15) is 39.9 Å². The Kier molecular flexibility index (Phi) is 8.07. The average molecular weight is 533 g/mol. The van der Waals surface area contributed by atoms with Crippen LogP contribution in [0.5, 0.6) is 5.75 Å². The number of halogens is 8. The second-order valence-electron chi connectivity index (χ2n) is 7.44. The number of ether oxygens (including phenoxy) is 1. The van der Waals surface area contributed by atoms with Gasteiger partial charge in [-0.15, -0.1) is 0 Å². The molecule has 1 aliphatic rings. The molecular weight excluding hydrogens is 514 g/mol. The zero-order valence-corrected chi connectivity index (χ0v) is 18.8. The highest BCUT2D eigenvalue weighted by atomic mass is 32.2. The molecule has 0 saturated carbocycles. The summed E-state index contributed by atoms with van der Waals surface area (Å²) in [5.41, 5.74) is -7.35. The van der Waals surface area contributed by atoms with E-state index in [1.807, 2.05) is 0 Å². The van der Waals surface area contributed by atoms with Crippen LogP contribution in [0.2, 0.25) is 0 Å². The topological polar surface area (TPSA) is 56.6 Å². The van der Waals surface area contributed by atoms with E-state index in [4.69, 9.17) is 4.74 Å². The number of rotatable bonds is 7. The number of anilines is 1. The Hall–Kier alpha value is -2.71. The number of nitrogens with zero attached hydrogens (tertiary/aromatic N) is 3. The van der Waals surface area contributed by atoms with Crippen LogP contribution in [-0.4, -0.2) is 41.0 Å². The molecule has 1 saturated heterocycles. The van der Waals surface area contributed by atoms with Crippen molar-refractivity contribution in [1.29, 1.82) is 0 Å². The summed E-state index contributed by atoms with van der Waals surface area (Å²) in [6, 6.07) is 1.20. The highest BCUT2D eigenvalue weighted by molar-refractivity contribution is 7.95. The molecule has 2 aromatic rings. The van der Waals surface area contributed by atoms with Crippen LogP contribution in [0.1, 0.15) is 53.8 Å². The van der Waals surface area contributed by atoms with Gasteiger partial charge in [0.2, 0.25) is 0 Å². The number of carbonyl (C=O) groups excluding carboxylic acids is 1. The van der Waals surface area contributed by atoms with Crippen molar-refractivity contribution in [3.63, 3.8) is 0 Å². The predicted octanol–water partition coefficient (Wildman–Crippen LogP) is 6.40. The molecule has 0 radical (unpaired) electrons. The normalized spacial score (nSPS) is 17.1. The number of piperidine rings is 1. The average Bonchev–Trinajstić information content (AvgIpc) is 3.22. The summed E-state index contributed by atoms with van der Waals surface area (Å²) in [6.07, 6.45) is -6.38. The van der Waals surface area contributed by atoms with Crippen LogP contribution in [-0.2, 0) is 10.9 Å². The smallest absolute Gasteiger partial charge is 0.462 e. The number of esters is 1. The molecule has 1 unspecified atom stereocenters. The van der Waals surface area contributed by atoms with E-state index < -0.39 is 64.7 Å². The van der Waals surface area contributed by atoms with Gasteiger partial charge in [-0.3, -0.25) is 4.68 Å². The molecule has 2 heterocycles. The maximum Gasteiger partial charge on any atom is 0.479 e. The van der Waals surface area contributed by atoms with E-state index in [2.05, 4.69) is 9.28 Å². The molecule has 194 valence electrons. The van der Waals surface area contributed by atoms with Crippen LogP contribution in [0.25, 0.3) is 0 Å². The van der Waals surface area contributed by atoms with Crippen molar-refractivity contribution in [2.45, 2.75) is 43.9 Å². The second-order valence-corrected chi connectivity index (χ2v) is 8.24. The molecule has 0 aliphatic carbocycles. The lowest BCUT2D eigenvalue weighted by Gasteiger charge is -2.36. The summed E-state index contributed by atoms with van der Waals surface area (Å²) in [5.74, 6) is -1.47. The lowest BCUT2D eigenvalue weighted by Crippen LogP contribution is -2.38. The van der Waals surface area contributed by atoms with Crippen LogP contribution in [0.15, 0.2) is 24.4 Å². The number of aromatic nitrogens is 2. The third-order valence-corrected chi connectivity index (χ3v) is 5.58. The summed E-state index contributed by atoms with van der Waals surface area (Å²) < 4.78 is 116. The van der Waals surface area contributed by atoms with Crippen molar-refractivity contribution in [2.75, 3.05) is 24.6 Å². The van der Waals surface area contributed by atoms with Gasteiger partial charge in [-0.1, -0.05) is 0 Å². The standard InChI is InChI=1S/C20H19F8N3O3S/c1-2-33-18(32)13-9-29-31(16(13)17(21)22)12-4-3-7-30(10-12)14-8-11(19(23,24)25)5-6-15(14)34-35-20(26,27)28/h5-6,8-9,12,17H,2-4,7,10H2,1H3. The molecule has 0 spiro atoms. The van der Waals surface area contributed by atoms with Gasteiger partial charge < -0.3 is 13.8 Å². The zero-order valence-electron chi connectivity index (χ0n) is 18.0. The molecule has 0 bridgehead atoms. The summed E-state index contributed by atoms with van der Waals surface area (Å²) in [5, 5.41) is 3.89. The molecule has 0 N–H and O–H groups in total. The quantitative estimate of drug-likeness (QED) is 0.233. The predicted molar refractivity (Wildman–Crippen MR) is 109 cm³/mol. The van der Waals surface area contributed by atoms with E-state index in [-0.39, 0.29) is 31.8 Å². The van der Waals surface area contributed by atoms with Gasteiger partial charge in [-0.05, 0) is 38.0 Å². The first kappa shape index (κ1) is 26.9. The number of hydrogen-bond donors (Lipinski definition) is 0. The number of benzene rings is 1. The van der Waals surface area contributed by atoms with Crippen LogP contribution in [0.3, 0.4) is 0 Å². The van der Waals surface area contributed by atoms with Crippen LogP contribution >= 0.6 is 12.0 Å². The van der Waals surface area contributed by atoms with Crippen LogP contribution in [0, 0.1) is 0 Å². The first-order valence-corrected chi connectivity index (χ1v) is 11.0. The van der Waals surface area contributed by atoms with Crippen molar-refractivity contribution in [3.8, 4) is 5.75 Å². The molecular formula is C20H19F8N3O3S. The summed E-state index contributed by atoms with van der Waals surface area (Å²) in [4.78, 5) is 13.4. The van der Waals surface area contributed by atoms with Gasteiger partial charge in [0.15, 0.2) is 17.8 Å². The SMILES string of the molecule is CCOC(=O)c1cnn(C2CCCN(c3cc(C(F)(F)F)ccc3OSC(F)(F)F)C2)c1C(F)F. The third-order valence-electron chi connectivity index (χ3n) is 5.13. The minimum atomic E-state index is -4.81. The fraction of sp³-hybridized carbons (Fsp3) is 0.500. The van der Waals surface area contributed by atoms with Gasteiger partial charge in [0.1, 0.15) is 11.3 Å². The van der Waals surface area contributed by atoms with Gasteiger partial charge in [0.25, 0.3) is 6.43 Å². The maximum atomic E-state index is 13.8. The monoisotopic (exact) mass is 533 g/mol. The van der Waals surface area contributed by atoms with Crippen molar-refractivity contribution in [2.24, 2.45) is 0 Å². The lowest BCUT2D eigenvalue weighted by atomic mass is 10.0. The largest absolute Gasteiger partial charge is 0.479 e. The van der Waals surface area contributed by atoms with Gasteiger partial charge in [0.05, 0.1) is 30.1 Å². The Morgan fingerprint density at radius 1 is 1.23 bits per heavy atom.